The smallest absolute Gasteiger partial charge is 0.376 e. The maximum Gasteiger partial charge on any atom is 0.376 e. The fraction of sp³-hybridized carbons (Fsp3) is 0.438. The van der Waals surface area contributed by atoms with E-state index in [9.17, 15) is 24.3 Å². The van der Waals surface area contributed by atoms with Gasteiger partial charge >= 0.3 is 18.7 Å². The molecule has 8 nitrogen and oxygen atoms in total. The second-order valence-corrected chi connectivity index (χ2v) is 5.98. The number of rotatable bonds is 6. The van der Waals surface area contributed by atoms with E-state index in [2.05, 4.69) is 4.74 Å². The zero-order valence-electron chi connectivity index (χ0n) is 14.6. The minimum absolute atomic E-state index is 0.321. The van der Waals surface area contributed by atoms with E-state index in [-0.39, 0.29) is 0 Å². The number of carbonyl (C=O) groups is 1. The molecule has 0 aromatic heterocycles. The molecule has 1 aromatic rings. The molecule has 1 heterocycles. The number of benzene rings is 1. The van der Waals surface area contributed by atoms with Crippen LogP contribution in [0.1, 0.15) is 18.4 Å². The maximum atomic E-state index is 14.3. The summed E-state index contributed by atoms with van der Waals surface area (Å²) < 4.78 is 23.6. The molecule has 0 aliphatic carbocycles. The van der Waals surface area contributed by atoms with Gasteiger partial charge < -0.3 is 19.3 Å². The number of piperidine rings is 1. The minimum atomic E-state index is -0.932. The monoisotopic (exact) mass is 366 g/mol. The van der Waals surface area contributed by atoms with Gasteiger partial charge in [0.05, 0.1) is 12.0 Å². The average molecular weight is 366 g/mol. The van der Waals surface area contributed by atoms with Crippen molar-refractivity contribution in [2.45, 2.75) is 19.7 Å². The molecule has 1 saturated heterocycles. The Morgan fingerprint density at radius 3 is 2.88 bits per heavy atom. The number of nitrogens with zero attached hydrogens (tertiary/aromatic N) is 2. The number of halogens is 1. The highest BCUT2D eigenvalue weighted by Gasteiger charge is 2.24. The first-order chi connectivity index (χ1) is 12.3. The van der Waals surface area contributed by atoms with Gasteiger partial charge in [-0.1, -0.05) is 11.6 Å². The lowest BCUT2D eigenvalue weighted by Gasteiger charge is -2.29. The molecular formula is C16H20BFN2O6. The first-order valence-corrected chi connectivity index (χ1v) is 8.11. The molecule has 26 heavy (non-hydrogen) atoms. The van der Waals surface area contributed by atoms with Crippen LogP contribution in [0.4, 0.5) is 10.1 Å². The molecule has 0 bridgehead atoms. The molecule has 0 spiro atoms. The fourth-order valence-corrected chi connectivity index (χ4v) is 2.75. The number of hydrogen-bond acceptors (Lipinski definition) is 7. The highest BCUT2D eigenvalue weighted by molar-refractivity contribution is 6.45. The molecule has 1 aliphatic rings. The molecule has 1 N–H and O–H groups in total. The van der Waals surface area contributed by atoms with Crippen molar-refractivity contribution in [1.29, 1.82) is 0 Å². The summed E-state index contributed by atoms with van der Waals surface area (Å²) in [7, 11) is 0.533. The zero-order chi connectivity index (χ0) is 19.3. The van der Waals surface area contributed by atoms with E-state index in [0.717, 1.165) is 38.1 Å². The largest absolute Gasteiger partial charge is 0.473 e. The second kappa shape index (κ2) is 8.77. The number of nitro groups is 1. The Balaban J connectivity index is 2.29. The molecule has 140 valence electrons. The Bertz CT molecular complexity index is 725. The van der Waals surface area contributed by atoms with Gasteiger partial charge in [0.15, 0.2) is 12.4 Å². The van der Waals surface area contributed by atoms with E-state index in [1.54, 1.807) is 12.9 Å². The van der Waals surface area contributed by atoms with Crippen LogP contribution in [0.25, 0.3) is 6.08 Å². The van der Waals surface area contributed by atoms with Crippen LogP contribution in [0.15, 0.2) is 17.7 Å². The Labute approximate surface area is 150 Å². The SMILES string of the molecule is COC(=O)COc1c(F)cc(/C=C2\CCCN(B(C)O)C2)cc1[N+](=O)[O-]. The second-order valence-electron chi connectivity index (χ2n) is 5.98. The lowest BCUT2D eigenvalue weighted by atomic mass is 9.82. The van der Waals surface area contributed by atoms with E-state index in [1.807, 2.05) is 4.81 Å². The summed E-state index contributed by atoms with van der Waals surface area (Å²) in [5, 5.41) is 20.9. The number of ether oxygens (including phenoxy) is 2. The van der Waals surface area contributed by atoms with E-state index in [1.165, 1.54) is 6.07 Å². The van der Waals surface area contributed by atoms with Gasteiger partial charge in [-0.05, 0) is 37.8 Å². The van der Waals surface area contributed by atoms with Crippen LogP contribution in [-0.2, 0) is 9.53 Å². The van der Waals surface area contributed by atoms with Crippen molar-refractivity contribution in [2.24, 2.45) is 0 Å². The number of carbonyl (C=O) groups excluding carboxylic acids is 1. The van der Waals surface area contributed by atoms with Gasteiger partial charge in [-0.3, -0.25) is 10.1 Å². The Hall–Kier alpha value is -2.46. The standard InChI is InChI=1S/C16H20BFN2O6/c1-17(22)19-5-3-4-11(9-19)6-12-7-13(18)16(14(8-12)20(23)24)26-10-15(21)25-2/h6-8,22H,3-5,9-10H2,1-2H3/b11-6+. The van der Waals surface area contributed by atoms with E-state index >= 15 is 0 Å². The van der Waals surface area contributed by atoms with Crippen molar-refractivity contribution in [1.82, 2.24) is 4.81 Å². The van der Waals surface area contributed by atoms with Crippen LogP contribution < -0.4 is 4.74 Å². The van der Waals surface area contributed by atoms with Crippen molar-refractivity contribution in [3.63, 3.8) is 0 Å². The number of nitro benzene ring substituents is 1. The van der Waals surface area contributed by atoms with E-state index < -0.39 is 41.8 Å². The minimum Gasteiger partial charge on any atom is -0.473 e. The van der Waals surface area contributed by atoms with Gasteiger partial charge in [0, 0.05) is 12.6 Å². The summed E-state index contributed by atoms with van der Waals surface area (Å²) >= 11 is 0. The third kappa shape index (κ3) is 5.02. The maximum absolute atomic E-state index is 14.3. The van der Waals surface area contributed by atoms with Crippen LogP contribution in [-0.4, -0.2) is 54.6 Å². The highest BCUT2D eigenvalue weighted by Crippen LogP contribution is 2.33. The highest BCUT2D eigenvalue weighted by atomic mass is 19.1. The first-order valence-electron chi connectivity index (χ1n) is 8.11. The predicted octanol–water partition coefficient (Wildman–Crippen LogP) is 1.88. The van der Waals surface area contributed by atoms with Gasteiger partial charge in [-0.2, -0.15) is 0 Å². The van der Waals surface area contributed by atoms with Crippen molar-refractivity contribution in [3.8, 4) is 5.75 Å². The average Bonchev–Trinajstić information content (AvgIpc) is 2.60. The summed E-state index contributed by atoms with van der Waals surface area (Å²) in [4.78, 5) is 23.5. The topological polar surface area (TPSA) is 102 Å². The van der Waals surface area contributed by atoms with Gasteiger partial charge in [0.1, 0.15) is 0 Å². The van der Waals surface area contributed by atoms with Crippen LogP contribution in [0.5, 0.6) is 5.75 Å². The van der Waals surface area contributed by atoms with Crippen molar-refractivity contribution in [2.75, 3.05) is 26.8 Å². The molecule has 0 amide bonds. The Morgan fingerprint density at radius 2 is 2.27 bits per heavy atom. The lowest BCUT2D eigenvalue weighted by molar-refractivity contribution is -0.386. The van der Waals surface area contributed by atoms with Crippen molar-refractivity contribution in [3.05, 3.63) is 39.2 Å². The molecule has 0 saturated carbocycles. The van der Waals surface area contributed by atoms with Gasteiger partial charge in [-0.15, -0.1) is 0 Å². The summed E-state index contributed by atoms with van der Waals surface area (Å²) in [5.74, 6) is -2.31. The molecule has 10 heteroatoms. The van der Waals surface area contributed by atoms with Gasteiger partial charge in [0.2, 0.25) is 5.75 Å². The van der Waals surface area contributed by atoms with Crippen molar-refractivity contribution >= 4 is 24.8 Å². The van der Waals surface area contributed by atoms with Crippen molar-refractivity contribution < 1.29 is 28.6 Å². The molecule has 0 unspecified atom stereocenters. The molecule has 0 radical (unpaired) electrons. The number of esters is 1. The van der Waals surface area contributed by atoms with Gasteiger partial charge in [0.25, 0.3) is 0 Å². The molecule has 0 atom stereocenters. The van der Waals surface area contributed by atoms with Crippen LogP contribution in [0.2, 0.25) is 6.82 Å². The quantitative estimate of drug-likeness (QED) is 0.355. The molecule has 1 fully saturated rings. The summed E-state index contributed by atoms with van der Waals surface area (Å²) in [6, 6.07) is 2.32. The predicted molar refractivity (Wildman–Crippen MR) is 93.2 cm³/mol. The third-order valence-electron chi connectivity index (χ3n) is 4.05. The molecule has 2 rings (SSSR count). The molecule has 1 aromatic carbocycles. The summed E-state index contributed by atoms with van der Waals surface area (Å²) in [6.07, 6.45) is 3.27. The fourth-order valence-electron chi connectivity index (χ4n) is 2.75. The summed E-state index contributed by atoms with van der Waals surface area (Å²) in [6.45, 7) is 2.30. The van der Waals surface area contributed by atoms with Gasteiger partial charge in [-0.25, -0.2) is 9.18 Å². The Kier molecular flexibility index (Phi) is 6.70. The Morgan fingerprint density at radius 1 is 1.54 bits per heavy atom. The summed E-state index contributed by atoms with van der Waals surface area (Å²) in [5.41, 5.74) is 0.695. The molecular weight excluding hydrogens is 346 g/mol. The lowest BCUT2D eigenvalue weighted by Crippen LogP contribution is -2.41. The normalized spacial score (nSPS) is 16.4. The van der Waals surface area contributed by atoms with Crippen LogP contribution in [0.3, 0.4) is 0 Å². The van der Waals surface area contributed by atoms with E-state index in [0.29, 0.717) is 12.1 Å². The third-order valence-corrected chi connectivity index (χ3v) is 4.05. The first kappa shape index (κ1) is 19.9. The van der Waals surface area contributed by atoms with Crippen LogP contribution >= 0.6 is 0 Å². The van der Waals surface area contributed by atoms with E-state index in [4.69, 9.17) is 4.74 Å². The number of methoxy groups -OCH3 is 1. The zero-order valence-corrected chi connectivity index (χ0v) is 14.6. The number of hydrogen-bond donors (Lipinski definition) is 1. The molecule has 1 aliphatic heterocycles. The van der Waals surface area contributed by atoms with Crippen LogP contribution in [0, 0.1) is 15.9 Å².